The van der Waals surface area contributed by atoms with Crippen LogP contribution in [0.2, 0.25) is 0 Å². The fourth-order valence-corrected chi connectivity index (χ4v) is 1.98. The summed E-state index contributed by atoms with van der Waals surface area (Å²) in [5.74, 6) is -2.64. The highest BCUT2D eigenvalue weighted by molar-refractivity contribution is 5.97. The van der Waals surface area contributed by atoms with Gasteiger partial charge in [0.05, 0.1) is 5.69 Å². The Kier molecular flexibility index (Phi) is 4.34. The van der Waals surface area contributed by atoms with Crippen molar-refractivity contribution < 1.29 is 14.7 Å². The fourth-order valence-electron chi connectivity index (χ4n) is 1.98. The van der Waals surface area contributed by atoms with Gasteiger partial charge in [-0.15, -0.1) is 0 Å². The summed E-state index contributed by atoms with van der Waals surface area (Å²) in [7, 11) is 1.80. The van der Waals surface area contributed by atoms with Crippen molar-refractivity contribution >= 4 is 11.9 Å². The molecule has 0 spiro atoms. The van der Waals surface area contributed by atoms with E-state index < -0.39 is 23.2 Å². The van der Waals surface area contributed by atoms with Crippen LogP contribution in [0.5, 0.6) is 0 Å². The molecule has 1 rings (SSSR count). The number of rotatable bonds is 4. The third-order valence-corrected chi connectivity index (χ3v) is 2.94. The zero-order chi connectivity index (χ0) is 14.8. The standard InChI is InChI=1S/C13H21N3O3/c1-8-9(7-16(5)15-8)6-14-11(17)10(12(18)19)13(2,3)4/h7,10H,6H2,1-5H3,(H,14,17)(H,18,19). The van der Waals surface area contributed by atoms with Crippen LogP contribution in [-0.4, -0.2) is 26.8 Å². The van der Waals surface area contributed by atoms with E-state index in [0.717, 1.165) is 11.3 Å². The minimum atomic E-state index is -1.10. The summed E-state index contributed by atoms with van der Waals surface area (Å²) in [5, 5.41) is 16.0. The Labute approximate surface area is 112 Å². The maximum atomic E-state index is 12.0. The van der Waals surface area contributed by atoms with E-state index >= 15 is 0 Å². The topological polar surface area (TPSA) is 84.2 Å². The Hall–Kier alpha value is -1.85. The van der Waals surface area contributed by atoms with Crippen LogP contribution >= 0.6 is 0 Å². The Bertz CT molecular complexity index is 486. The van der Waals surface area contributed by atoms with E-state index in [0.29, 0.717) is 6.54 Å². The van der Waals surface area contributed by atoms with Crippen LogP contribution in [0.1, 0.15) is 32.0 Å². The highest BCUT2D eigenvalue weighted by atomic mass is 16.4. The molecule has 0 fully saturated rings. The molecule has 0 aliphatic rings. The van der Waals surface area contributed by atoms with Crippen LogP contribution in [0.25, 0.3) is 0 Å². The van der Waals surface area contributed by atoms with Gasteiger partial charge in [0.1, 0.15) is 5.92 Å². The molecule has 1 heterocycles. The minimum absolute atomic E-state index is 0.290. The highest BCUT2D eigenvalue weighted by Gasteiger charge is 2.37. The van der Waals surface area contributed by atoms with Crippen molar-refractivity contribution in [2.45, 2.75) is 34.2 Å². The Morgan fingerprint density at radius 2 is 2.05 bits per heavy atom. The molecular formula is C13H21N3O3. The maximum absolute atomic E-state index is 12.0. The van der Waals surface area contributed by atoms with E-state index in [9.17, 15) is 9.59 Å². The fraction of sp³-hybridized carbons (Fsp3) is 0.615. The Balaban J connectivity index is 2.74. The average molecular weight is 267 g/mol. The highest BCUT2D eigenvalue weighted by Crippen LogP contribution is 2.26. The molecule has 0 aromatic carbocycles. The van der Waals surface area contributed by atoms with Crippen molar-refractivity contribution in [3.63, 3.8) is 0 Å². The number of aromatic nitrogens is 2. The summed E-state index contributed by atoms with van der Waals surface area (Å²) in [5.41, 5.74) is 1.08. The van der Waals surface area contributed by atoms with Gasteiger partial charge in [-0.05, 0) is 12.3 Å². The molecule has 6 nitrogen and oxygen atoms in total. The van der Waals surface area contributed by atoms with Gasteiger partial charge in [0.15, 0.2) is 0 Å². The molecule has 0 aliphatic carbocycles. The normalized spacial score (nSPS) is 13.1. The lowest BCUT2D eigenvalue weighted by Crippen LogP contribution is -2.42. The molecule has 0 saturated heterocycles. The molecule has 6 heteroatoms. The van der Waals surface area contributed by atoms with Gasteiger partial charge >= 0.3 is 5.97 Å². The quantitative estimate of drug-likeness (QED) is 0.800. The van der Waals surface area contributed by atoms with Gasteiger partial charge in [0.2, 0.25) is 5.91 Å². The lowest BCUT2D eigenvalue weighted by molar-refractivity contribution is -0.151. The largest absolute Gasteiger partial charge is 0.481 e. The molecule has 1 unspecified atom stereocenters. The third kappa shape index (κ3) is 3.81. The Morgan fingerprint density at radius 3 is 2.42 bits per heavy atom. The molecule has 106 valence electrons. The monoisotopic (exact) mass is 267 g/mol. The zero-order valence-corrected chi connectivity index (χ0v) is 12.0. The maximum Gasteiger partial charge on any atom is 0.316 e. The van der Waals surface area contributed by atoms with Crippen LogP contribution in [0, 0.1) is 18.3 Å². The van der Waals surface area contributed by atoms with Crippen molar-refractivity contribution in [2.24, 2.45) is 18.4 Å². The summed E-state index contributed by atoms with van der Waals surface area (Å²) in [4.78, 5) is 23.2. The van der Waals surface area contributed by atoms with E-state index in [4.69, 9.17) is 5.11 Å². The van der Waals surface area contributed by atoms with Gasteiger partial charge in [-0.3, -0.25) is 14.3 Å². The molecule has 0 bridgehead atoms. The van der Waals surface area contributed by atoms with Gasteiger partial charge in [-0.1, -0.05) is 20.8 Å². The van der Waals surface area contributed by atoms with Crippen LogP contribution < -0.4 is 5.32 Å². The number of hydrogen-bond donors (Lipinski definition) is 2. The average Bonchev–Trinajstić information content (AvgIpc) is 2.51. The number of carbonyl (C=O) groups is 2. The summed E-state index contributed by atoms with van der Waals surface area (Å²) >= 11 is 0. The van der Waals surface area contributed by atoms with Crippen LogP contribution in [0.3, 0.4) is 0 Å². The molecule has 0 radical (unpaired) electrons. The van der Waals surface area contributed by atoms with Crippen LogP contribution in [0.4, 0.5) is 0 Å². The lowest BCUT2D eigenvalue weighted by atomic mass is 9.80. The Morgan fingerprint density at radius 1 is 1.47 bits per heavy atom. The van der Waals surface area contributed by atoms with Crippen LogP contribution in [-0.2, 0) is 23.2 Å². The molecule has 19 heavy (non-hydrogen) atoms. The van der Waals surface area contributed by atoms with E-state index in [2.05, 4.69) is 10.4 Å². The summed E-state index contributed by atoms with van der Waals surface area (Å²) in [6.45, 7) is 7.35. The van der Waals surface area contributed by atoms with Gasteiger partial charge < -0.3 is 10.4 Å². The van der Waals surface area contributed by atoms with Crippen molar-refractivity contribution in [1.29, 1.82) is 0 Å². The second-order valence-electron chi connectivity index (χ2n) is 5.77. The van der Waals surface area contributed by atoms with Crippen molar-refractivity contribution in [3.05, 3.63) is 17.5 Å². The second kappa shape index (κ2) is 5.42. The first-order valence-electron chi connectivity index (χ1n) is 6.12. The van der Waals surface area contributed by atoms with Gasteiger partial charge in [-0.25, -0.2) is 0 Å². The molecule has 2 N–H and O–H groups in total. The van der Waals surface area contributed by atoms with Crippen LogP contribution in [0.15, 0.2) is 6.20 Å². The number of carbonyl (C=O) groups excluding carboxylic acids is 1. The lowest BCUT2D eigenvalue weighted by Gasteiger charge is -2.25. The third-order valence-electron chi connectivity index (χ3n) is 2.94. The van der Waals surface area contributed by atoms with Gasteiger partial charge in [0, 0.05) is 25.4 Å². The molecule has 1 amide bonds. The number of carboxylic acid groups (broad SMARTS) is 1. The molecule has 1 atom stereocenters. The number of aliphatic carboxylic acids is 1. The van der Waals surface area contributed by atoms with Gasteiger partial charge in [0.25, 0.3) is 0 Å². The number of hydrogen-bond acceptors (Lipinski definition) is 3. The number of amides is 1. The summed E-state index contributed by atoms with van der Waals surface area (Å²) < 4.78 is 1.66. The predicted molar refractivity (Wildman–Crippen MR) is 70.4 cm³/mol. The first-order chi connectivity index (χ1) is 8.62. The summed E-state index contributed by atoms with van der Waals surface area (Å²) in [6, 6.07) is 0. The first-order valence-corrected chi connectivity index (χ1v) is 6.12. The smallest absolute Gasteiger partial charge is 0.316 e. The van der Waals surface area contributed by atoms with E-state index in [1.807, 2.05) is 13.1 Å². The number of carboxylic acids is 1. The van der Waals surface area contributed by atoms with Crippen molar-refractivity contribution in [1.82, 2.24) is 15.1 Å². The molecular weight excluding hydrogens is 246 g/mol. The zero-order valence-electron chi connectivity index (χ0n) is 12.0. The summed E-state index contributed by atoms with van der Waals surface area (Å²) in [6.07, 6.45) is 1.81. The number of nitrogens with zero attached hydrogens (tertiary/aromatic N) is 2. The first kappa shape index (κ1) is 15.2. The molecule has 0 aliphatic heterocycles. The molecule has 1 aromatic heterocycles. The van der Waals surface area contributed by atoms with E-state index in [-0.39, 0.29) is 0 Å². The van der Waals surface area contributed by atoms with E-state index in [1.165, 1.54) is 0 Å². The van der Waals surface area contributed by atoms with Gasteiger partial charge in [-0.2, -0.15) is 5.10 Å². The number of nitrogens with one attached hydrogen (secondary N) is 1. The minimum Gasteiger partial charge on any atom is -0.481 e. The number of aryl methyl sites for hydroxylation is 2. The van der Waals surface area contributed by atoms with Crippen molar-refractivity contribution in [2.75, 3.05) is 0 Å². The SMILES string of the molecule is Cc1nn(C)cc1CNC(=O)C(C(=O)O)C(C)(C)C. The predicted octanol–water partition coefficient (Wildman–Crippen LogP) is 1.09. The van der Waals surface area contributed by atoms with Crippen molar-refractivity contribution in [3.8, 4) is 0 Å². The molecule has 1 aromatic rings. The van der Waals surface area contributed by atoms with E-state index in [1.54, 1.807) is 32.5 Å². The molecule has 0 saturated carbocycles. The second-order valence-corrected chi connectivity index (χ2v) is 5.77.